The van der Waals surface area contributed by atoms with E-state index in [1.54, 1.807) is 0 Å². The third kappa shape index (κ3) is 2.58. The van der Waals surface area contributed by atoms with Gasteiger partial charge >= 0.3 is 0 Å². The summed E-state index contributed by atoms with van der Waals surface area (Å²) in [4.78, 5) is 4.47. The molecule has 0 spiro atoms. The lowest BCUT2D eigenvalue weighted by Gasteiger charge is -2.41. The molecule has 1 aliphatic carbocycles. The molecular weight excluding hydrogens is 234 g/mol. The highest BCUT2D eigenvalue weighted by atomic mass is 15.1. The van der Waals surface area contributed by atoms with Crippen molar-refractivity contribution in [2.75, 3.05) is 13.1 Å². The molecule has 1 aliphatic heterocycles. The summed E-state index contributed by atoms with van der Waals surface area (Å²) in [6, 6.07) is 0.640. The Kier molecular flexibility index (Phi) is 3.66. The van der Waals surface area contributed by atoms with Crippen molar-refractivity contribution >= 4 is 0 Å². The molecule has 1 saturated heterocycles. The normalized spacial score (nSPS) is 31.3. The Balaban J connectivity index is 1.86. The van der Waals surface area contributed by atoms with Gasteiger partial charge < -0.3 is 9.88 Å². The lowest BCUT2D eigenvalue weighted by atomic mass is 9.73. The molecule has 1 saturated carbocycles. The summed E-state index contributed by atoms with van der Waals surface area (Å²) in [7, 11) is 0. The highest BCUT2D eigenvalue weighted by Gasteiger charge is 2.35. The number of rotatable bonds is 2. The van der Waals surface area contributed by atoms with E-state index in [0.717, 1.165) is 6.54 Å². The average molecular weight is 261 g/mol. The molecule has 2 unspecified atom stereocenters. The van der Waals surface area contributed by atoms with Crippen molar-refractivity contribution in [1.82, 2.24) is 14.9 Å². The van der Waals surface area contributed by atoms with Crippen molar-refractivity contribution in [1.29, 1.82) is 0 Å². The smallest absolute Gasteiger partial charge is 0.0951 e. The van der Waals surface area contributed by atoms with Crippen molar-refractivity contribution in [2.24, 2.45) is 5.41 Å². The first-order valence-electron chi connectivity index (χ1n) is 7.91. The molecule has 2 fully saturated rings. The highest BCUT2D eigenvalue weighted by Crippen LogP contribution is 2.45. The fourth-order valence-electron chi connectivity index (χ4n) is 3.99. The summed E-state index contributed by atoms with van der Waals surface area (Å²) in [6.07, 6.45) is 12.2. The summed E-state index contributed by atoms with van der Waals surface area (Å²) >= 11 is 0. The van der Waals surface area contributed by atoms with Crippen LogP contribution in [0.4, 0.5) is 0 Å². The van der Waals surface area contributed by atoms with Gasteiger partial charge in [-0.15, -0.1) is 0 Å². The van der Waals surface area contributed by atoms with Crippen LogP contribution in [0.25, 0.3) is 0 Å². The first kappa shape index (κ1) is 13.2. The molecular formula is C16H27N3. The number of hydrogen-bond donors (Lipinski definition) is 1. The monoisotopic (exact) mass is 261 g/mol. The molecule has 1 aromatic rings. The third-order valence-electron chi connectivity index (χ3n) is 5.20. The van der Waals surface area contributed by atoms with Crippen LogP contribution in [0.3, 0.4) is 0 Å². The van der Waals surface area contributed by atoms with Crippen LogP contribution in [0.1, 0.15) is 70.0 Å². The molecule has 2 heterocycles. The first-order chi connectivity index (χ1) is 9.18. The standard InChI is InChI=1S/C16H27N3/c1-16(2)8-4-3-7-15(16)19-12-18-11-14(19)13-6-5-9-17-10-13/h11-13,15,17H,3-10H2,1-2H3. The highest BCUT2D eigenvalue weighted by molar-refractivity contribution is 5.11. The molecule has 106 valence electrons. The molecule has 2 aliphatic rings. The van der Waals surface area contributed by atoms with Crippen LogP contribution in [0, 0.1) is 5.41 Å². The van der Waals surface area contributed by atoms with E-state index in [-0.39, 0.29) is 0 Å². The van der Waals surface area contributed by atoms with Crippen LogP contribution < -0.4 is 5.32 Å². The van der Waals surface area contributed by atoms with Crippen molar-refractivity contribution in [3.05, 3.63) is 18.2 Å². The van der Waals surface area contributed by atoms with Gasteiger partial charge in [-0.25, -0.2) is 4.98 Å². The van der Waals surface area contributed by atoms with E-state index >= 15 is 0 Å². The van der Waals surface area contributed by atoms with E-state index in [0.29, 0.717) is 17.4 Å². The van der Waals surface area contributed by atoms with Gasteiger partial charge in [0.05, 0.1) is 6.33 Å². The van der Waals surface area contributed by atoms with Crippen molar-refractivity contribution < 1.29 is 0 Å². The summed E-state index contributed by atoms with van der Waals surface area (Å²) in [5.74, 6) is 0.661. The molecule has 0 radical (unpaired) electrons. The second-order valence-electron chi connectivity index (χ2n) is 7.02. The number of piperidine rings is 1. The topological polar surface area (TPSA) is 29.9 Å². The molecule has 3 rings (SSSR count). The second kappa shape index (κ2) is 5.28. The van der Waals surface area contributed by atoms with Gasteiger partial charge in [0.1, 0.15) is 0 Å². The van der Waals surface area contributed by atoms with Gasteiger partial charge in [0.25, 0.3) is 0 Å². The minimum absolute atomic E-state index is 0.412. The zero-order valence-electron chi connectivity index (χ0n) is 12.4. The molecule has 1 aromatic heterocycles. The van der Waals surface area contributed by atoms with Crippen molar-refractivity contribution in [3.63, 3.8) is 0 Å². The van der Waals surface area contributed by atoms with E-state index < -0.39 is 0 Å². The van der Waals surface area contributed by atoms with E-state index in [1.807, 2.05) is 0 Å². The van der Waals surface area contributed by atoms with Crippen LogP contribution in [-0.2, 0) is 0 Å². The summed E-state index contributed by atoms with van der Waals surface area (Å²) in [6.45, 7) is 7.16. The summed E-state index contributed by atoms with van der Waals surface area (Å²) in [5.41, 5.74) is 1.88. The predicted octanol–water partition coefficient (Wildman–Crippen LogP) is 3.49. The molecule has 0 aromatic carbocycles. The van der Waals surface area contributed by atoms with E-state index in [1.165, 1.54) is 50.8 Å². The van der Waals surface area contributed by atoms with Crippen LogP contribution in [0.5, 0.6) is 0 Å². The average Bonchev–Trinajstić information content (AvgIpc) is 2.88. The fraction of sp³-hybridized carbons (Fsp3) is 0.812. The Bertz CT molecular complexity index is 415. The van der Waals surface area contributed by atoms with Crippen LogP contribution in [0.15, 0.2) is 12.5 Å². The number of imidazole rings is 1. The van der Waals surface area contributed by atoms with Crippen molar-refractivity contribution in [2.45, 2.75) is 64.3 Å². The Labute approximate surface area is 116 Å². The molecule has 1 N–H and O–H groups in total. The van der Waals surface area contributed by atoms with E-state index in [9.17, 15) is 0 Å². The Morgan fingerprint density at radius 2 is 2.16 bits per heavy atom. The molecule has 2 atom stereocenters. The van der Waals surface area contributed by atoms with Crippen molar-refractivity contribution in [3.8, 4) is 0 Å². The Morgan fingerprint density at radius 1 is 1.26 bits per heavy atom. The maximum atomic E-state index is 4.47. The van der Waals surface area contributed by atoms with Gasteiger partial charge in [0.2, 0.25) is 0 Å². The number of hydrogen-bond acceptors (Lipinski definition) is 2. The van der Waals surface area contributed by atoms with E-state index in [4.69, 9.17) is 0 Å². The van der Waals surface area contributed by atoms with Gasteiger partial charge in [-0.2, -0.15) is 0 Å². The zero-order chi connectivity index (χ0) is 13.3. The van der Waals surface area contributed by atoms with Gasteiger partial charge in [0.15, 0.2) is 0 Å². The summed E-state index contributed by atoms with van der Waals surface area (Å²) in [5, 5.41) is 3.53. The Morgan fingerprint density at radius 3 is 2.89 bits per heavy atom. The van der Waals surface area contributed by atoms with Crippen LogP contribution in [0.2, 0.25) is 0 Å². The largest absolute Gasteiger partial charge is 0.331 e. The lowest BCUT2D eigenvalue weighted by Crippen LogP contribution is -2.34. The lowest BCUT2D eigenvalue weighted by molar-refractivity contribution is 0.140. The maximum Gasteiger partial charge on any atom is 0.0951 e. The quantitative estimate of drug-likeness (QED) is 0.883. The van der Waals surface area contributed by atoms with Gasteiger partial charge in [-0.05, 0) is 37.6 Å². The SMILES string of the molecule is CC1(C)CCCCC1n1cncc1C1CCCNC1. The predicted molar refractivity (Wildman–Crippen MR) is 78.4 cm³/mol. The van der Waals surface area contributed by atoms with E-state index in [2.05, 4.69) is 41.2 Å². The third-order valence-corrected chi connectivity index (χ3v) is 5.20. The molecule has 3 nitrogen and oxygen atoms in total. The number of aromatic nitrogens is 2. The van der Waals surface area contributed by atoms with Gasteiger partial charge in [-0.3, -0.25) is 0 Å². The first-order valence-corrected chi connectivity index (χ1v) is 7.91. The molecule has 3 heteroatoms. The molecule has 0 amide bonds. The summed E-state index contributed by atoms with van der Waals surface area (Å²) < 4.78 is 2.51. The van der Waals surface area contributed by atoms with Gasteiger partial charge in [0, 0.05) is 30.4 Å². The van der Waals surface area contributed by atoms with Crippen LogP contribution >= 0.6 is 0 Å². The van der Waals surface area contributed by atoms with Gasteiger partial charge in [-0.1, -0.05) is 26.7 Å². The number of nitrogens with zero attached hydrogens (tertiary/aromatic N) is 2. The molecule has 19 heavy (non-hydrogen) atoms. The zero-order valence-corrected chi connectivity index (χ0v) is 12.4. The number of nitrogens with one attached hydrogen (secondary N) is 1. The molecule has 0 bridgehead atoms. The minimum atomic E-state index is 0.412. The fourth-order valence-corrected chi connectivity index (χ4v) is 3.99. The Hall–Kier alpha value is -0.830. The minimum Gasteiger partial charge on any atom is -0.331 e. The van der Waals surface area contributed by atoms with Crippen LogP contribution in [-0.4, -0.2) is 22.6 Å². The second-order valence-corrected chi connectivity index (χ2v) is 7.02. The maximum absolute atomic E-state index is 4.47.